The largest absolute Gasteiger partial charge is 0.497 e. The summed E-state index contributed by atoms with van der Waals surface area (Å²) in [4.78, 5) is 17.0. The molecular formula is C25H24N2O3. The monoisotopic (exact) mass is 400 g/mol. The molecule has 0 unspecified atom stereocenters. The number of hydrogen-bond donors (Lipinski definition) is 0. The Hall–Kier alpha value is -3.31. The van der Waals surface area contributed by atoms with Crippen LogP contribution in [0.5, 0.6) is 5.75 Å². The number of rotatable bonds is 4. The Kier molecular flexibility index (Phi) is 4.89. The molecule has 0 spiro atoms. The molecule has 152 valence electrons. The summed E-state index contributed by atoms with van der Waals surface area (Å²) >= 11 is 0. The first-order valence-electron chi connectivity index (χ1n) is 10.3. The molecule has 5 nitrogen and oxygen atoms in total. The summed E-state index contributed by atoms with van der Waals surface area (Å²) in [6, 6.07) is 22.0. The number of hydrogen-bond acceptors (Lipinski definition) is 5. The third-order valence-electron chi connectivity index (χ3n) is 5.90. The number of methoxy groups -OCH3 is 1. The Labute approximate surface area is 175 Å². The lowest BCUT2D eigenvalue weighted by Crippen LogP contribution is -2.46. The zero-order valence-electron chi connectivity index (χ0n) is 17.0. The minimum atomic E-state index is -0.289. The number of piperazine rings is 1. The highest BCUT2D eigenvalue weighted by Gasteiger charge is 2.19. The summed E-state index contributed by atoms with van der Waals surface area (Å²) in [6.45, 7) is 4.48. The molecule has 3 aromatic carbocycles. The van der Waals surface area contributed by atoms with E-state index in [0.717, 1.165) is 60.2 Å². The molecule has 0 radical (unpaired) electrons. The summed E-state index contributed by atoms with van der Waals surface area (Å²) in [5, 5.41) is 3.33. The van der Waals surface area contributed by atoms with Gasteiger partial charge in [0.25, 0.3) is 0 Å². The molecule has 30 heavy (non-hydrogen) atoms. The molecule has 0 aliphatic carbocycles. The molecule has 1 aromatic heterocycles. The minimum Gasteiger partial charge on any atom is -0.497 e. The molecular weight excluding hydrogens is 376 g/mol. The van der Waals surface area contributed by atoms with Crippen molar-refractivity contribution in [2.45, 2.75) is 6.54 Å². The second kappa shape index (κ2) is 7.84. The van der Waals surface area contributed by atoms with Gasteiger partial charge in [-0.25, -0.2) is 4.79 Å². The van der Waals surface area contributed by atoms with Gasteiger partial charge in [0.2, 0.25) is 0 Å². The SMILES string of the molecule is COc1cccc(N2CCN(Cc3cc(=O)oc4ccc5ccccc5c34)CC2)c1. The normalized spacial score (nSPS) is 15.0. The molecule has 5 heteroatoms. The van der Waals surface area contributed by atoms with Gasteiger partial charge in [0.05, 0.1) is 7.11 Å². The predicted molar refractivity (Wildman–Crippen MR) is 120 cm³/mol. The van der Waals surface area contributed by atoms with Crippen LogP contribution in [0.15, 0.2) is 75.9 Å². The van der Waals surface area contributed by atoms with Crippen molar-refractivity contribution in [3.8, 4) is 5.75 Å². The molecule has 0 saturated carbocycles. The lowest BCUT2D eigenvalue weighted by atomic mass is 10.0. The van der Waals surface area contributed by atoms with Crippen molar-refractivity contribution >= 4 is 27.4 Å². The van der Waals surface area contributed by atoms with Gasteiger partial charge in [-0.05, 0) is 34.5 Å². The second-order valence-corrected chi connectivity index (χ2v) is 7.72. The van der Waals surface area contributed by atoms with E-state index in [1.807, 2.05) is 36.4 Å². The van der Waals surface area contributed by atoms with Gasteiger partial charge in [0.1, 0.15) is 11.3 Å². The highest BCUT2D eigenvalue weighted by Crippen LogP contribution is 2.29. The summed E-state index contributed by atoms with van der Waals surface area (Å²) < 4.78 is 10.9. The highest BCUT2D eigenvalue weighted by atomic mass is 16.5. The zero-order chi connectivity index (χ0) is 20.5. The van der Waals surface area contributed by atoms with Crippen LogP contribution in [0.25, 0.3) is 21.7 Å². The predicted octanol–water partition coefficient (Wildman–Crippen LogP) is 4.28. The van der Waals surface area contributed by atoms with Crippen LogP contribution in [0.1, 0.15) is 5.56 Å². The van der Waals surface area contributed by atoms with E-state index >= 15 is 0 Å². The Morgan fingerprint density at radius 1 is 0.933 bits per heavy atom. The fourth-order valence-corrected chi connectivity index (χ4v) is 4.36. The van der Waals surface area contributed by atoms with E-state index in [0.29, 0.717) is 5.58 Å². The van der Waals surface area contributed by atoms with Gasteiger partial charge in [0, 0.05) is 55.9 Å². The van der Waals surface area contributed by atoms with Crippen LogP contribution >= 0.6 is 0 Å². The maximum atomic E-state index is 12.2. The molecule has 1 aliphatic heterocycles. The first-order chi connectivity index (χ1) is 14.7. The van der Waals surface area contributed by atoms with Gasteiger partial charge in [-0.1, -0.05) is 36.4 Å². The smallest absolute Gasteiger partial charge is 0.336 e. The van der Waals surface area contributed by atoms with E-state index in [1.165, 1.54) is 5.69 Å². The van der Waals surface area contributed by atoms with E-state index in [-0.39, 0.29) is 5.63 Å². The molecule has 0 amide bonds. The fraction of sp³-hybridized carbons (Fsp3) is 0.240. The Morgan fingerprint density at radius 3 is 2.60 bits per heavy atom. The molecule has 0 N–H and O–H groups in total. The molecule has 0 atom stereocenters. The van der Waals surface area contributed by atoms with Gasteiger partial charge in [-0.15, -0.1) is 0 Å². The van der Waals surface area contributed by atoms with Crippen molar-refractivity contribution in [2.75, 3.05) is 38.2 Å². The zero-order valence-corrected chi connectivity index (χ0v) is 17.0. The standard InChI is InChI=1S/C25H24N2O3/c1-29-21-7-4-6-20(16-21)27-13-11-26(12-14-27)17-19-15-24(28)30-23-10-9-18-5-2-3-8-22(18)25(19)23/h2-10,15-16H,11-14,17H2,1H3. The van der Waals surface area contributed by atoms with Gasteiger partial charge in [-0.3, -0.25) is 4.90 Å². The van der Waals surface area contributed by atoms with Crippen LogP contribution in [-0.4, -0.2) is 38.2 Å². The summed E-state index contributed by atoms with van der Waals surface area (Å²) in [7, 11) is 1.70. The van der Waals surface area contributed by atoms with Crippen LogP contribution in [0, 0.1) is 0 Å². The van der Waals surface area contributed by atoms with Gasteiger partial charge < -0.3 is 14.1 Å². The van der Waals surface area contributed by atoms with E-state index in [9.17, 15) is 4.79 Å². The molecule has 5 rings (SSSR count). The topological polar surface area (TPSA) is 45.9 Å². The maximum absolute atomic E-state index is 12.2. The number of benzene rings is 3. The molecule has 1 fully saturated rings. The molecule has 4 aromatic rings. The summed E-state index contributed by atoms with van der Waals surface area (Å²) in [5.74, 6) is 0.879. The average Bonchev–Trinajstić information content (AvgIpc) is 2.79. The number of fused-ring (bicyclic) bond motifs is 3. The van der Waals surface area contributed by atoms with Crippen molar-refractivity contribution in [3.05, 3.63) is 82.7 Å². The third kappa shape index (κ3) is 3.53. The summed E-state index contributed by atoms with van der Waals surface area (Å²) in [5.41, 5.74) is 2.59. The molecule has 0 bridgehead atoms. The van der Waals surface area contributed by atoms with E-state index < -0.39 is 0 Å². The lowest BCUT2D eigenvalue weighted by molar-refractivity contribution is 0.250. The lowest BCUT2D eigenvalue weighted by Gasteiger charge is -2.36. The average molecular weight is 400 g/mol. The molecule has 2 heterocycles. The minimum absolute atomic E-state index is 0.289. The number of nitrogens with zero attached hydrogens (tertiary/aromatic N) is 2. The van der Waals surface area contributed by atoms with Crippen LogP contribution in [0.3, 0.4) is 0 Å². The van der Waals surface area contributed by atoms with Crippen LogP contribution in [0.2, 0.25) is 0 Å². The van der Waals surface area contributed by atoms with Gasteiger partial charge in [-0.2, -0.15) is 0 Å². The first-order valence-corrected chi connectivity index (χ1v) is 10.3. The molecule has 1 aliphatic rings. The van der Waals surface area contributed by atoms with Crippen molar-refractivity contribution in [1.82, 2.24) is 4.90 Å². The van der Waals surface area contributed by atoms with Crippen molar-refractivity contribution in [3.63, 3.8) is 0 Å². The highest BCUT2D eigenvalue weighted by molar-refractivity contribution is 6.07. The van der Waals surface area contributed by atoms with E-state index in [1.54, 1.807) is 13.2 Å². The Bertz CT molecular complexity index is 1260. The molecule has 1 saturated heterocycles. The summed E-state index contributed by atoms with van der Waals surface area (Å²) in [6.07, 6.45) is 0. The Morgan fingerprint density at radius 2 is 1.77 bits per heavy atom. The quantitative estimate of drug-likeness (QED) is 0.378. The Balaban J connectivity index is 1.40. The number of ether oxygens (including phenoxy) is 1. The van der Waals surface area contributed by atoms with Crippen molar-refractivity contribution in [1.29, 1.82) is 0 Å². The number of anilines is 1. The second-order valence-electron chi connectivity index (χ2n) is 7.72. The van der Waals surface area contributed by atoms with Crippen molar-refractivity contribution in [2.24, 2.45) is 0 Å². The van der Waals surface area contributed by atoms with E-state index in [4.69, 9.17) is 9.15 Å². The van der Waals surface area contributed by atoms with Crippen LogP contribution in [0.4, 0.5) is 5.69 Å². The third-order valence-corrected chi connectivity index (χ3v) is 5.90. The maximum Gasteiger partial charge on any atom is 0.336 e. The van der Waals surface area contributed by atoms with E-state index in [2.05, 4.69) is 34.1 Å². The van der Waals surface area contributed by atoms with Gasteiger partial charge >= 0.3 is 5.63 Å². The van der Waals surface area contributed by atoms with Gasteiger partial charge in [0.15, 0.2) is 0 Å². The fourth-order valence-electron chi connectivity index (χ4n) is 4.36. The first kappa shape index (κ1) is 18.7. The van der Waals surface area contributed by atoms with Crippen molar-refractivity contribution < 1.29 is 9.15 Å². The van der Waals surface area contributed by atoms with Crippen LogP contribution in [-0.2, 0) is 6.54 Å². The van der Waals surface area contributed by atoms with Crippen LogP contribution < -0.4 is 15.3 Å².